The maximum Gasteiger partial charge on any atom is 0.312 e. The fourth-order valence-corrected chi connectivity index (χ4v) is 7.57. The Bertz CT molecular complexity index is 1090. The summed E-state index contributed by atoms with van der Waals surface area (Å²) in [4.78, 5) is 50.6. The van der Waals surface area contributed by atoms with Gasteiger partial charge in [-0.15, -0.1) is 11.6 Å². The van der Waals surface area contributed by atoms with Crippen LogP contribution in [0.5, 0.6) is 0 Å². The van der Waals surface area contributed by atoms with Gasteiger partial charge in [0.2, 0.25) is 0 Å². The van der Waals surface area contributed by atoms with Crippen LogP contribution in [0.1, 0.15) is 67.2 Å². The van der Waals surface area contributed by atoms with E-state index in [1.807, 2.05) is 0 Å². The van der Waals surface area contributed by atoms with E-state index in [9.17, 15) is 29.4 Å². The van der Waals surface area contributed by atoms with Crippen molar-refractivity contribution in [2.24, 2.45) is 17.3 Å². The van der Waals surface area contributed by atoms with Crippen LogP contribution in [0.3, 0.4) is 0 Å². The molecule has 1 unspecified atom stereocenters. The number of rotatable bonds is 5. The Morgan fingerprint density at radius 3 is 2.27 bits per heavy atom. The largest absolute Gasteiger partial charge is 0.462 e. The SMILES string of the molecule is C=C1CC[C@H](OC(C)=O)[C@@]2(C)[C@H]3O[C@H]3[C@@H](OC(=O)CCC)[C@@](C)(O)[C@@H]2C(OC(C)=O)[C@]2(O)[C@@H](C)C(=O)O[C@H]2[C@H]1Cl. The number of fused-ring (bicyclic) bond motifs is 4. The lowest BCUT2D eigenvalue weighted by Gasteiger charge is -2.57. The average Bonchev–Trinajstić information content (AvgIpc) is 3.62. The average molecular weight is 587 g/mol. The van der Waals surface area contributed by atoms with Crippen LogP contribution in [0.4, 0.5) is 0 Å². The van der Waals surface area contributed by atoms with Crippen molar-refractivity contribution >= 4 is 35.5 Å². The molecule has 4 fully saturated rings. The lowest BCUT2D eigenvalue weighted by molar-refractivity contribution is -0.262. The zero-order chi connectivity index (χ0) is 29.9. The monoisotopic (exact) mass is 586 g/mol. The smallest absolute Gasteiger partial charge is 0.312 e. The van der Waals surface area contributed by atoms with Gasteiger partial charge in [-0.2, -0.15) is 0 Å². The molecule has 2 heterocycles. The van der Waals surface area contributed by atoms with Gasteiger partial charge >= 0.3 is 23.9 Å². The van der Waals surface area contributed by atoms with Crippen molar-refractivity contribution in [1.82, 2.24) is 0 Å². The van der Waals surface area contributed by atoms with Gasteiger partial charge in [-0.05, 0) is 33.1 Å². The Balaban J connectivity index is 1.98. The number of ether oxygens (including phenoxy) is 5. The van der Waals surface area contributed by atoms with Crippen LogP contribution in [0.2, 0.25) is 0 Å². The Hall–Kier alpha value is -2.21. The van der Waals surface area contributed by atoms with Crippen molar-refractivity contribution < 1.29 is 53.1 Å². The molecule has 2 saturated carbocycles. The van der Waals surface area contributed by atoms with Gasteiger partial charge in [0.25, 0.3) is 0 Å². The third-order valence-corrected chi connectivity index (χ3v) is 9.75. The van der Waals surface area contributed by atoms with Crippen LogP contribution < -0.4 is 0 Å². The Morgan fingerprint density at radius 1 is 1.07 bits per heavy atom. The van der Waals surface area contributed by atoms with Crippen LogP contribution in [-0.2, 0) is 42.9 Å². The van der Waals surface area contributed by atoms with Crippen LogP contribution >= 0.6 is 11.6 Å². The second-order valence-electron chi connectivity index (χ2n) is 11.9. The molecule has 0 aromatic rings. The molecule has 2 N–H and O–H groups in total. The molecular formula is C28H39ClO11. The summed E-state index contributed by atoms with van der Waals surface area (Å²) in [7, 11) is 0. The lowest BCUT2D eigenvalue weighted by atomic mass is 9.52. The highest BCUT2D eigenvalue weighted by atomic mass is 35.5. The molecule has 0 aromatic carbocycles. The number of aliphatic hydroxyl groups is 2. The van der Waals surface area contributed by atoms with Crippen molar-refractivity contribution in [2.75, 3.05) is 0 Å². The molecule has 4 rings (SSSR count). The number of carbonyl (C=O) groups excluding carboxylic acids is 4. The summed E-state index contributed by atoms with van der Waals surface area (Å²) in [5.74, 6) is -5.30. The summed E-state index contributed by atoms with van der Waals surface area (Å²) in [6.45, 7) is 12.8. The third kappa shape index (κ3) is 4.72. The maximum absolute atomic E-state index is 13.0. The molecule has 4 aliphatic rings. The normalized spacial score (nSPS) is 46.2. The Kier molecular flexibility index (Phi) is 8.12. The topological polar surface area (TPSA) is 158 Å². The van der Waals surface area contributed by atoms with Gasteiger partial charge in [0.15, 0.2) is 17.8 Å². The number of hydrogen-bond acceptors (Lipinski definition) is 11. The first kappa shape index (κ1) is 30.7. The number of esters is 4. The van der Waals surface area contributed by atoms with Crippen molar-refractivity contribution in [1.29, 1.82) is 0 Å². The molecule has 12 heteroatoms. The van der Waals surface area contributed by atoms with E-state index in [0.717, 1.165) is 6.92 Å². The predicted molar refractivity (Wildman–Crippen MR) is 139 cm³/mol. The highest BCUT2D eigenvalue weighted by Crippen LogP contribution is 2.63. The van der Waals surface area contributed by atoms with Gasteiger partial charge in [0.05, 0.1) is 17.4 Å². The first-order valence-corrected chi connectivity index (χ1v) is 14.1. The van der Waals surface area contributed by atoms with Gasteiger partial charge in [-0.25, -0.2) is 0 Å². The first-order chi connectivity index (χ1) is 18.5. The molecule has 0 amide bonds. The minimum absolute atomic E-state index is 0.0940. The summed E-state index contributed by atoms with van der Waals surface area (Å²) in [6, 6.07) is 0. The highest BCUT2D eigenvalue weighted by Gasteiger charge is 2.79. The third-order valence-electron chi connectivity index (χ3n) is 9.21. The van der Waals surface area contributed by atoms with Crippen molar-refractivity contribution in [3.8, 4) is 0 Å². The van der Waals surface area contributed by atoms with Gasteiger partial charge in [0, 0.05) is 31.6 Å². The molecule has 0 bridgehead atoms. The molecule has 0 aromatic heterocycles. The molecule has 2 aliphatic carbocycles. The second kappa shape index (κ2) is 10.6. The molecule has 12 atom stereocenters. The number of halogens is 1. The molecule has 40 heavy (non-hydrogen) atoms. The molecule has 0 radical (unpaired) electrons. The number of alkyl halides is 1. The maximum atomic E-state index is 13.0. The van der Waals surface area contributed by atoms with E-state index in [0.29, 0.717) is 12.0 Å². The van der Waals surface area contributed by atoms with Crippen molar-refractivity contribution in [3.05, 3.63) is 12.2 Å². The van der Waals surface area contributed by atoms with Gasteiger partial charge in [0.1, 0.15) is 23.9 Å². The van der Waals surface area contributed by atoms with Gasteiger partial charge in [-0.3, -0.25) is 19.2 Å². The van der Waals surface area contributed by atoms with Gasteiger partial charge in [-0.1, -0.05) is 26.0 Å². The summed E-state index contributed by atoms with van der Waals surface area (Å²) < 4.78 is 29.0. The van der Waals surface area contributed by atoms with Crippen LogP contribution in [0, 0.1) is 17.3 Å². The van der Waals surface area contributed by atoms with E-state index in [1.165, 1.54) is 20.8 Å². The van der Waals surface area contributed by atoms with Crippen LogP contribution in [0.25, 0.3) is 0 Å². The fraction of sp³-hybridized carbons (Fsp3) is 0.786. The first-order valence-electron chi connectivity index (χ1n) is 13.7. The van der Waals surface area contributed by atoms with E-state index >= 15 is 0 Å². The lowest BCUT2D eigenvalue weighted by Crippen LogP contribution is -2.73. The summed E-state index contributed by atoms with van der Waals surface area (Å²) in [5, 5.41) is 23.7. The summed E-state index contributed by atoms with van der Waals surface area (Å²) >= 11 is 6.76. The zero-order valence-electron chi connectivity index (χ0n) is 23.7. The van der Waals surface area contributed by atoms with Crippen LogP contribution in [0.15, 0.2) is 12.2 Å². The van der Waals surface area contributed by atoms with E-state index < -0.39 is 94.3 Å². The molecule has 2 aliphatic heterocycles. The standard InChI is InChI=1S/C28H39ClO11/c1-8-9-17(32)38-23-19-22(39-19)26(6)16(36-14(4)30)11-10-12(2)18(29)21-28(35,13(3)25(33)40-21)24(37-15(5)31)20(26)27(23,7)34/h13,16,18-24,34-35H,2,8-11H2,1,3-7H3/t13-,16-,18-,19+,20+,21-,22-,23+,24?,26+,27-,28-/m0/s1. The zero-order valence-corrected chi connectivity index (χ0v) is 24.4. The quantitative estimate of drug-likeness (QED) is 0.159. The second-order valence-corrected chi connectivity index (χ2v) is 12.4. The van der Waals surface area contributed by atoms with E-state index in [4.69, 9.17) is 35.3 Å². The number of hydrogen-bond donors (Lipinski definition) is 2. The molecule has 0 spiro atoms. The van der Waals surface area contributed by atoms with Gasteiger partial charge < -0.3 is 33.9 Å². The number of carbonyl (C=O) groups is 4. The van der Waals surface area contributed by atoms with Crippen molar-refractivity contribution in [3.63, 3.8) is 0 Å². The van der Waals surface area contributed by atoms with E-state index in [-0.39, 0.29) is 19.3 Å². The fourth-order valence-electron chi connectivity index (χ4n) is 7.21. The van der Waals surface area contributed by atoms with E-state index in [1.54, 1.807) is 13.8 Å². The number of epoxide rings is 1. The molecule has 2 saturated heterocycles. The van der Waals surface area contributed by atoms with Crippen molar-refractivity contribution in [2.45, 2.75) is 120 Å². The minimum Gasteiger partial charge on any atom is -0.462 e. The Labute approximate surface area is 238 Å². The highest BCUT2D eigenvalue weighted by molar-refractivity contribution is 6.23. The summed E-state index contributed by atoms with van der Waals surface area (Å²) in [6.07, 6.45) is -5.65. The Morgan fingerprint density at radius 2 is 1.70 bits per heavy atom. The molecule has 11 nitrogen and oxygen atoms in total. The molecular weight excluding hydrogens is 548 g/mol. The van der Waals surface area contributed by atoms with Crippen LogP contribution in [-0.4, -0.2) is 87.3 Å². The predicted octanol–water partition coefficient (Wildman–Crippen LogP) is 1.97. The van der Waals surface area contributed by atoms with E-state index in [2.05, 4.69) is 6.58 Å². The minimum atomic E-state index is -2.26. The molecule has 224 valence electrons. The summed E-state index contributed by atoms with van der Waals surface area (Å²) in [5.41, 5.74) is -5.17.